The van der Waals surface area contributed by atoms with Gasteiger partial charge in [0.2, 0.25) is 5.91 Å². The van der Waals surface area contributed by atoms with Crippen molar-refractivity contribution in [3.05, 3.63) is 62.9 Å². The Morgan fingerprint density at radius 1 is 1.03 bits per heavy atom. The number of carbonyl (C=O) groups is 2. The minimum absolute atomic E-state index is 0.0924. The zero-order valence-corrected chi connectivity index (χ0v) is 17.8. The molecule has 154 valence electrons. The molecule has 0 spiro atoms. The van der Waals surface area contributed by atoms with Crippen molar-refractivity contribution in [2.75, 3.05) is 38.0 Å². The van der Waals surface area contributed by atoms with Gasteiger partial charge in [-0.1, -0.05) is 41.4 Å². The molecule has 2 aromatic carbocycles. The first kappa shape index (κ1) is 21.6. The molecule has 3 rings (SSSR count). The average Bonchev–Trinajstić information content (AvgIpc) is 2.68. The number of para-hydroxylation sites is 1. The zero-order chi connectivity index (χ0) is 21.1. The Balaban J connectivity index is 1.56. The van der Waals surface area contributed by atoms with Crippen LogP contribution in [0.3, 0.4) is 0 Å². The van der Waals surface area contributed by atoms with Gasteiger partial charge < -0.3 is 10.2 Å². The van der Waals surface area contributed by atoms with E-state index in [4.69, 9.17) is 23.2 Å². The van der Waals surface area contributed by atoms with E-state index in [1.165, 1.54) is 6.07 Å². The molecule has 1 saturated heterocycles. The highest BCUT2D eigenvalue weighted by Crippen LogP contribution is 2.26. The summed E-state index contributed by atoms with van der Waals surface area (Å²) in [6.45, 7) is 6.09. The van der Waals surface area contributed by atoms with Crippen molar-refractivity contribution in [3.8, 4) is 0 Å². The summed E-state index contributed by atoms with van der Waals surface area (Å²) in [7, 11) is 0. The highest BCUT2D eigenvalue weighted by molar-refractivity contribution is 6.36. The molecule has 0 aromatic heterocycles. The van der Waals surface area contributed by atoms with E-state index in [1.54, 1.807) is 4.90 Å². The first-order valence-corrected chi connectivity index (χ1v) is 10.0. The molecule has 1 aliphatic rings. The van der Waals surface area contributed by atoms with E-state index in [9.17, 15) is 14.0 Å². The van der Waals surface area contributed by atoms with E-state index in [1.807, 2.05) is 36.9 Å². The number of nitrogens with zero attached hydrogens (tertiary/aromatic N) is 2. The van der Waals surface area contributed by atoms with E-state index in [0.717, 1.165) is 22.9 Å². The zero-order valence-electron chi connectivity index (χ0n) is 16.3. The van der Waals surface area contributed by atoms with E-state index in [2.05, 4.69) is 5.32 Å². The van der Waals surface area contributed by atoms with Gasteiger partial charge in [-0.05, 0) is 37.1 Å². The van der Waals surface area contributed by atoms with Crippen LogP contribution < -0.4 is 5.32 Å². The molecule has 0 aliphatic carbocycles. The van der Waals surface area contributed by atoms with Gasteiger partial charge in [0.05, 0.1) is 22.2 Å². The van der Waals surface area contributed by atoms with Gasteiger partial charge in [-0.3, -0.25) is 14.5 Å². The standard InChI is InChI=1S/C21H22Cl2FN3O2/c1-13-4-3-5-14(2)20(13)25-19(28)12-26-6-8-27(9-7-26)21(29)15-10-18(24)17(23)11-16(15)22/h3-5,10-11H,6-9,12H2,1-2H3,(H,25,28). The molecule has 0 saturated carbocycles. The lowest BCUT2D eigenvalue weighted by atomic mass is 10.1. The fraction of sp³-hybridized carbons (Fsp3) is 0.333. The number of hydrogen-bond donors (Lipinski definition) is 1. The summed E-state index contributed by atoms with van der Waals surface area (Å²) in [5.41, 5.74) is 2.96. The molecule has 1 aliphatic heterocycles. The molecule has 2 amide bonds. The van der Waals surface area contributed by atoms with Crippen LogP contribution in [0.25, 0.3) is 0 Å². The molecule has 0 radical (unpaired) electrons. The number of halogens is 3. The van der Waals surface area contributed by atoms with Crippen molar-refractivity contribution >= 4 is 40.7 Å². The highest BCUT2D eigenvalue weighted by Gasteiger charge is 2.25. The van der Waals surface area contributed by atoms with E-state index < -0.39 is 5.82 Å². The number of anilines is 1. The fourth-order valence-electron chi connectivity index (χ4n) is 3.36. The third kappa shape index (κ3) is 5.07. The van der Waals surface area contributed by atoms with Crippen molar-refractivity contribution in [1.29, 1.82) is 0 Å². The van der Waals surface area contributed by atoms with Gasteiger partial charge in [0.15, 0.2) is 0 Å². The highest BCUT2D eigenvalue weighted by atomic mass is 35.5. The van der Waals surface area contributed by atoms with Crippen LogP contribution in [0.15, 0.2) is 30.3 Å². The molecular formula is C21H22Cl2FN3O2. The SMILES string of the molecule is Cc1cccc(C)c1NC(=O)CN1CCN(C(=O)c2cc(F)c(Cl)cc2Cl)CC1. The second kappa shape index (κ2) is 9.11. The summed E-state index contributed by atoms with van der Waals surface area (Å²) in [4.78, 5) is 28.7. The topological polar surface area (TPSA) is 52.7 Å². The molecule has 2 aromatic rings. The summed E-state index contributed by atoms with van der Waals surface area (Å²) >= 11 is 11.7. The normalized spacial score (nSPS) is 14.7. The van der Waals surface area contributed by atoms with Gasteiger partial charge in [-0.2, -0.15) is 0 Å². The van der Waals surface area contributed by atoms with E-state index in [0.29, 0.717) is 26.2 Å². The Morgan fingerprint density at radius 3 is 2.28 bits per heavy atom. The monoisotopic (exact) mass is 437 g/mol. The smallest absolute Gasteiger partial charge is 0.255 e. The summed E-state index contributed by atoms with van der Waals surface area (Å²) in [5.74, 6) is -1.11. The van der Waals surface area contributed by atoms with Crippen LogP contribution in [0, 0.1) is 19.7 Å². The predicted molar refractivity (Wildman–Crippen MR) is 113 cm³/mol. The molecule has 0 bridgehead atoms. The molecule has 1 heterocycles. The number of amides is 2. The van der Waals surface area contributed by atoms with E-state index >= 15 is 0 Å². The average molecular weight is 438 g/mol. The quantitative estimate of drug-likeness (QED) is 0.730. The maximum absolute atomic E-state index is 13.7. The molecule has 0 unspecified atom stereocenters. The van der Waals surface area contributed by atoms with E-state index in [-0.39, 0.29) is 34.0 Å². The number of piperazine rings is 1. The molecule has 8 heteroatoms. The number of benzene rings is 2. The molecule has 1 N–H and O–H groups in total. The van der Waals surface area contributed by atoms with Crippen molar-refractivity contribution in [2.45, 2.75) is 13.8 Å². The third-order valence-electron chi connectivity index (χ3n) is 5.01. The Bertz CT molecular complexity index is 924. The van der Waals surface area contributed by atoms with Gasteiger partial charge in [-0.15, -0.1) is 0 Å². The maximum atomic E-state index is 13.7. The predicted octanol–water partition coefficient (Wildman–Crippen LogP) is 4.15. The van der Waals surface area contributed by atoms with Crippen molar-refractivity contribution < 1.29 is 14.0 Å². The molecule has 5 nitrogen and oxygen atoms in total. The number of carbonyl (C=O) groups excluding carboxylic acids is 2. The van der Waals surface area contributed by atoms with Crippen LogP contribution in [0.4, 0.5) is 10.1 Å². The Hall–Kier alpha value is -2.15. The fourth-order valence-corrected chi connectivity index (χ4v) is 3.82. The maximum Gasteiger partial charge on any atom is 0.255 e. The van der Waals surface area contributed by atoms with Gasteiger partial charge in [0, 0.05) is 31.9 Å². The summed E-state index contributed by atoms with van der Waals surface area (Å²) < 4.78 is 13.7. The largest absolute Gasteiger partial charge is 0.336 e. The van der Waals surface area contributed by atoms with Crippen LogP contribution in [0.5, 0.6) is 0 Å². The van der Waals surface area contributed by atoms with Crippen LogP contribution in [0.1, 0.15) is 21.5 Å². The lowest BCUT2D eigenvalue weighted by Crippen LogP contribution is -2.50. The van der Waals surface area contributed by atoms with Crippen LogP contribution >= 0.6 is 23.2 Å². The number of hydrogen-bond acceptors (Lipinski definition) is 3. The first-order chi connectivity index (χ1) is 13.8. The Labute approximate surface area is 179 Å². The van der Waals surface area contributed by atoms with Crippen molar-refractivity contribution in [2.24, 2.45) is 0 Å². The summed E-state index contributed by atoms with van der Waals surface area (Å²) in [6, 6.07) is 8.17. The number of aryl methyl sites for hydroxylation is 2. The van der Waals surface area contributed by atoms with Gasteiger partial charge in [-0.25, -0.2) is 4.39 Å². The molecule has 29 heavy (non-hydrogen) atoms. The molecule has 0 atom stereocenters. The summed E-state index contributed by atoms with van der Waals surface area (Å²) in [6.07, 6.45) is 0. The number of nitrogens with one attached hydrogen (secondary N) is 1. The lowest BCUT2D eigenvalue weighted by molar-refractivity contribution is -0.117. The van der Waals surface area contributed by atoms with Crippen LogP contribution in [-0.2, 0) is 4.79 Å². The lowest BCUT2D eigenvalue weighted by Gasteiger charge is -2.34. The minimum atomic E-state index is -0.679. The Morgan fingerprint density at radius 2 is 1.66 bits per heavy atom. The minimum Gasteiger partial charge on any atom is -0.336 e. The van der Waals surface area contributed by atoms with Gasteiger partial charge in [0.25, 0.3) is 5.91 Å². The van der Waals surface area contributed by atoms with Crippen LogP contribution in [0.2, 0.25) is 10.0 Å². The third-order valence-corrected chi connectivity index (χ3v) is 5.61. The summed E-state index contributed by atoms with van der Waals surface area (Å²) in [5, 5.41) is 2.97. The van der Waals surface area contributed by atoms with Gasteiger partial charge in [0.1, 0.15) is 5.82 Å². The van der Waals surface area contributed by atoms with Crippen molar-refractivity contribution in [3.63, 3.8) is 0 Å². The molecular weight excluding hydrogens is 416 g/mol. The first-order valence-electron chi connectivity index (χ1n) is 9.28. The number of rotatable bonds is 4. The van der Waals surface area contributed by atoms with Crippen LogP contribution in [-0.4, -0.2) is 54.3 Å². The molecule has 1 fully saturated rings. The van der Waals surface area contributed by atoms with Crippen molar-refractivity contribution in [1.82, 2.24) is 9.80 Å². The van der Waals surface area contributed by atoms with Gasteiger partial charge >= 0.3 is 0 Å². The Kier molecular flexibility index (Phi) is 6.77. The second-order valence-electron chi connectivity index (χ2n) is 7.13. The second-order valence-corrected chi connectivity index (χ2v) is 7.94.